The van der Waals surface area contributed by atoms with Crippen molar-refractivity contribution in [3.05, 3.63) is 29.8 Å². The number of nitrogens with one attached hydrogen (secondary N) is 2. The fourth-order valence-electron chi connectivity index (χ4n) is 1.42. The minimum atomic E-state index is 0.0479. The number of hydrogen-bond donors (Lipinski definition) is 2. The van der Waals surface area contributed by atoms with Gasteiger partial charge < -0.3 is 10.6 Å². The van der Waals surface area contributed by atoms with E-state index in [0.29, 0.717) is 6.42 Å². The zero-order valence-electron chi connectivity index (χ0n) is 10.0. The van der Waals surface area contributed by atoms with Gasteiger partial charge in [-0.15, -0.1) is 0 Å². The van der Waals surface area contributed by atoms with E-state index in [-0.39, 0.29) is 5.91 Å². The average molecular weight is 220 g/mol. The Morgan fingerprint density at radius 3 is 2.50 bits per heavy atom. The van der Waals surface area contributed by atoms with E-state index in [1.54, 1.807) is 7.05 Å². The SMILES string of the molecule is CCCCNc1ccc(CC(=O)NC)cc1. The molecule has 0 heterocycles. The quantitative estimate of drug-likeness (QED) is 0.721. The Kier molecular flexibility index (Phi) is 5.40. The number of carbonyl (C=O) groups is 1. The van der Waals surface area contributed by atoms with Crippen molar-refractivity contribution in [2.45, 2.75) is 26.2 Å². The molecule has 0 unspecified atom stereocenters. The number of amides is 1. The Bertz CT molecular complexity index is 319. The molecule has 0 aliphatic carbocycles. The number of benzene rings is 1. The summed E-state index contributed by atoms with van der Waals surface area (Å²) in [5.41, 5.74) is 2.16. The van der Waals surface area contributed by atoms with Crippen molar-refractivity contribution in [1.29, 1.82) is 0 Å². The maximum absolute atomic E-state index is 11.2. The number of anilines is 1. The Morgan fingerprint density at radius 2 is 1.94 bits per heavy atom. The maximum atomic E-state index is 11.2. The van der Waals surface area contributed by atoms with Crippen LogP contribution in [0.25, 0.3) is 0 Å². The fraction of sp³-hybridized carbons (Fsp3) is 0.462. The average Bonchev–Trinajstić information content (AvgIpc) is 2.31. The minimum Gasteiger partial charge on any atom is -0.385 e. The molecule has 1 aromatic rings. The van der Waals surface area contributed by atoms with Crippen molar-refractivity contribution >= 4 is 11.6 Å². The van der Waals surface area contributed by atoms with Gasteiger partial charge in [-0.25, -0.2) is 0 Å². The van der Waals surface area contributed by atoms with E-state index < -0.39 is 0 Å². The van der Waals surface area contributed by atoms with E-state index >= 15 is 0 Å². The summed E-state index contributed by atoms with van der Waals surface area (Å²) in [6.07, 6.45) is 2.83. The molecule has 1 rings (SSSR count). The van der Waals surface area contributed by atoms with Gasteiger partial charge in [-0.1, -0.05) is 25.5 Å². The molecule has 0 saturated heterocycles. The highest BCUT2D eigenvalue weighted by molar-refractivity contribution is 5.78. The molecule has 0 spiro atoms. The lowest BCUT2D eigenvalue weighted by Crippen LogP contribution is -2.19. The summed E-state index contributed by atoms with van der Waals surface area (Å²) in [6, 6.07) is 8.02. The first-order chi connectivity index (χ1) is 7.76. The molecule has 0 radical (unpaired) electrons. The minimum absolute atomic E-state index is 0.0479. The predicted octanol–water partition coefficient (Wildman–Crippen LogP) is 2.19. The molecule has 0 saturated carbocycles. The van der Waals surface area contributed by atoms with Crippen molar-refractivity contribution < 1.29 is 4.79 Å². The van der Waals surface area contributed by atoms with Crippen LogP contribution >= 0.6 is 0 Å². The molecule has 0 aliphatic heterocycles. The summed E-state index contributed by atoms with van der Waals surface area (Å²) in [4.78, 5) is 11.2. The van der Waals surface area contributed by atoms with Crippen LogP contribution in [0.4, 0.5) is 5.69 Å². The van der Waals surface area contributed by atoms with Gasteiger partial charge in [0.1, 0.15) is 0 Å². The van der Waals surface area contributed by atoms with Gasteiger partial charge >= 0.3 is 0 Å². The highest BCUT2D eigenvalue weighted by atomic mass is 16.1. The van der Waals surface area contributed by atoms with Crippen LogP contribution in [0, 0.1) is 0 Å². The normalized spacial score (nSPS) is 9.88. The number of carbonyl (C=O) groups excluding carboxylic acids is 1. The molecule has 0 aromatic heterocycles. The molecule has 0 aliphatic rings. The summed E-state index contributed by atoms with van der Waals surface area (Å²) in [7, 11) is 1.66. The second-order valence-corrected chi connectivity index (χ2v) is 3.83. The molecule has 1 amide bonds. The molecule has 1 aromatic carbocycles. The monoisotopic (exact) mass is 220 g/mol. The van der Waals surface area contributed by atoms with Crippen LogP contribution < -0.4 is 10.6 Å². The summed E-state index contributed by atoms with van der Waals surface area (Å²) < 4.78 is 0. The molecule has 0 fully saturated rings. The molecule has 3 nitrogen and oxygen atoms in total. The summed E-state index contributed by atoms with van der Waals surface area (Å²) in [6.45, 7) is 3.18. The zero-order valence-corrected chi connectivity index (χ0v) is 10.0. The largest absolute Gasteiger partial charge is 0.385 e. The Hall–Kier alpha value is -1.51. The lowest BCUT2D eigenvalue weighted by molar-refractivity contribution is -0.119. The van der Waals surface area contributed by atoms with Gasteiger partial charge in [-0.05, 0) is 24.1 Å². The van der Waals surface area contributed by atoms with Crippen molar-refractivity contribution in [2.75, 3.05) is 18.9 Å². The molecule has 88 valence electrons. The van der Waals surface area contributed by atoms with E-state index in [9.17, 15) is 4.79 Å². The second-order valence-electron chi connectivity index (χ2n) is 3.83. The van der Waals surface area contributed by atoms with Crippen molar-refractivity contribution in [2.24, 2.45) is 0 Å². The van der Waals surface area contributed by atoms with Gasteiger partial charge in [0.05, 0.1) is 6.42 Å². The maximum Gasteiger partial charge on any atom is 0.224 e. The van der Waals surface area contributed by atoms with Crippen LogP contribution in [-0.4, -0.2) is 19.5 Å². The zero-order chi connectivity index (χ0) is 11.8. The third-order valence-electron chi connectivity index (χ3n) is 2.46. The van der Waals surface area contributed by atoms with Crippen LogP contribution in [0.2, 0.25) is 0 Å². The van der Waals surface area contributed by atoms with Crippen LogP contribution in [0.3, 0.4) is 0 Å². The summed E-state index contributed by atoms with van der Waals surface area (Å²) in [5.74, 6) is 0.0479. The Balaban J connectivity index is 2.44. The first-order valence-electron chi connectivity index (χ1n) is 5.79. The molecule has 0 atom stereocenters. The highest BCUT2D eigenvalue weighted by Gasteiger charge is 2.00. The standard InChI is InChI=1S/C13H20N2O/c1-3-4-9-15-12-7-5-11(6-8-12)10-13(16)14-2/h5-8,15H,3-4,9-10H2,1-2H3,(H,14,16). The highest BCUT2D eigenvalue weighted by Crippen LogP contribution is 2.10. The second kappa shape index (κ2) is 6.88. The lowest BCUT2D eigenvalue weighted by atomic mass is 10.1. The van der Waals surface area contributed by atoms with Crippen molar-refractivity contribution in [1.82, 2.24) is 5.32 Å². The topological polar surface area (TPSA) is 41.1 Å². The van der Waals surface area contributed by atoms with Gasteiger partial charge in [0.15, 0.2) is 0 Å². The number of hydrogen-bond acceptors (Lipinski definition) is 2. The first kappa shape index (κ1) is 12.6. The fourth-order valence-corrected chi connectivity index (χ4v) is 1.42. The molecule has 2 N–H and O–H groups in total. The Morgan fingerprint density at radius 1 is 1.25 bits per heavy atom. The molecule has 0 bridgehead atoms. The van der Waals surface area contributed by atoms with Gasteiger partial charge in [-0.2, -0.15) is 0 Å². The third-order valence-corrected chi connectivity index (χ3v) is 2.46. The molecule has 3 heteroatoms. The Labute approximate surface area is 97.2 Å². The first-order valence-corrected chi connectivity index (χ1v) is 5.79. The summed E-state index contributed by atoms with van der Waals surface area (Å²) >= 11 is 0. The van der Waals surface area contributed by atoms with E-state index in [4.69, 9.17) is 0 Å². The van der Waals surface area contributed by atoms with Crippen molar-refractivity contribution in [3.63, 3.8) is 0 Å². The van der Waals surface area contributed by atoms with Gasteiger partial charge in [-0.3, -0.25) is 4.79 Å². The number of rotatable bonds is 6. The number of unbranched alkanes of at least 4 members (excludes halogenated alkanes) is 1. The van der Waals surface area contributed by atoms with E-state index in [0.717, 1.165) is 17.8 Å². The number of likely N-dealkylation sites (N-methyl/N-ethyl adjacent to an activating group) is 1. The van der Waals surface area contributed by atoms with E-state index in [2.05, 4.69) is 17.6 Å². The van der Waals surface area contributed by atoms with Gasteiger partial charge in [0.2, 0.25) is 5.91 Å². The predicted molar refractivity (Wildman–Crippen MR) is 67.6 cm³/mol. The van der Waals surface area contributed by atoms with Gasteiger partial charge in [0, 0.05) is 19.3 Å². The van der Waals surface area contributed by atoms with E-state index in [1.165, 1.54) is 12.8 Å². The lowest BCUT2D eigenvalue weighted by Gasteiger charge is -2.06. The van der Waals surface area contributed by atoms with Crippen LogP contribution in [0.1, 0.15) is 25.3 Å². The van der Waals surface area contributed by atoms with Crippen LogP contribution in [0.5, 0.6) is 0 Å². The molecular weight excluding hydrogens is 200 g/mol. The summed E-state index contributed by atoms with van der Waals surface area (Å²) in [5, 5.41) is 5.95. The van der Waals surface area contributed by atoms with Crippen LogP contribution in [-0.2, 0) is 11.2 Å². The van der Waals surface area contributed by atoms with Crippen LogP contribution in [0.15, 0.2) is 24.3 Å². The van der Waals surface area contributed by atoms with E-state index in [1.807, 2.05) is 24.3 Å². The van der Waals surface area contributed by atoms with Crippen molar-refractivity contribution in [3.8, 4) is 0 Å². The molecular formula is C13H20N2O. The third kappa shape index (κ3) is 4.34. The smallest absolute Gasteiger partial charge is 0.224 e. The van der Waals surface area contributed by atoms with Gasteiger partial charge in [0.25, 0.3) is 0 Å². The molecule has 16 heavy (non-hydrogen) atoms.